The molecule has 3 heterocycles. The van der Waals surface area contributed by atoms with Crippen molar-refractivity contribution in [1.82, 2.24) is 20.3 Å². The lowest BCUT2D eigenvalue weighted by Crippen LogP contribution is -2.39. The summed E-state index contributed by atoms with van der Waals surface area (Å²) in [5.41, 5.74) is 8.45. The van der Waals surface area contributed by atoms with Gasteiger partial charge in [0.2, 0.25) is 0 Å². The number of nitrogens with two attached hydrogens (primary N) is 1. The number of methoxy groups -OCH3 is 1. The Morgan fingerprint density at radius 1 is 1.38 bits per heavy atom. The Morgan fingerprint density at radius 3 is 3.04 bits per heavy atom. The predicted molar refractivity (Wildman–Crippen MR) is 103 cm³/mol. The SMILES string of the molecule is CO[C@@H]1C[C@H](CNCCCc2cnccc2C)N(c2cc(N)ncn2)C1. The average molecular weight is 356 g/mol. The number of ether oxygens (including phenoxy) is 1. The normalized spacial score (nSPS) is 19.8. The maximum atomic E-state index is 5.82. The van der Waals surface area contributed by atoms with Gasteiger partial charge in [0.25, 0.3) is 0 Å². The Labute approximate surface area is 155 Å². The molecule has 2 aromatic heterocycles. The van der Waals surface area contributed by atoms with Gasteiger partial charge in [-0.15, -0.1) is 0 Å². The van der Waals surface area contributed by atoms with Gasteiger partial charge in [-0.1, -0.05) is 0 Å². The molecule has 140 valence electrons. The molecule has 2 atom stereocenters. The summed E-state index contributed by atoms with van der Waals surface area (Å²) in [5.74, 6) is 1.37. The number of nitrogens with zero attached hydrogens (tertiary/aromatic N) is 4. The summed E-state index contributed by atoms with van der Waals surface area (Å²) in [6.45, 7) is 4.84. The lowest BCUT2D eigenvalue weighted by molar-refractivity contribution is 0.118. The van der Waals surface area contributed by atoms with E-state index in [4.69, 9.17) is 10.5 Å². The monoisotopic (exact) mass is 356 g/mol. The van der Waals surface area contributed by atoms with Gasteiger partial charge in [-0.2, -0.15) is 0 Å². The van der Waals surface area contributed by atoms with Crippen LogP contribution in [0.15, 0.2) is 30.9 Å². The summed E-state index contributed by atoms with van der Waals surface area (Å²) in [6, 6.07) is 4.24. The molecule has 0 amide bonds. The molecule has 0 aromatic carbocycles. The van der Waals surface area contributed by atoms with Gasteiger partial charge in [-0.05, 0) is 49.9 Å². The van der Waals surface area contributed by atoms with E-state index < -0.39 is 0 Å². The standard InChI is InChI=1S/C19H28N6O/c1-14-5-7-22-10-15(14)4-3-6-21-11-16-8-17(26-2)12-25(16)19-9-18(20)23-13-24-19/h5,7,9-10,13,16-17,21H,3-4,6,8,11-12H2,1-2H3,(H2,20,23,24)/t16-,17-/m1/s1. The third kappa shape index (κ3) is 4.68. The van der Waals surface area contributed by atoms with E-state index in [0.717, 1.165) is 44.7 Å². The summed E-state index contributed by atoms with van der Waals surface area (Å²) >= 11 is 0. The van der Waals surface area contributed by atoms with Gasteiger partial charge in [-0.3, -0.25) is 4.98 Å². The number of hydrogen-bond donors (Lipinski definition) is 2. The molecule has 0 saturated carbocycles. The smallest absolute Gasteiger partial charge is 0.134 e. The van der Waals surface area contributed by atoms with Crippen molar-refractivity contribution >= 4 is 11.6 Å². The van der Waals surface area contributed by atoms with E-state index in [1.54, 1.807) is 7.11 Å². The first-order valence-corrected chi connectivity index (χ1v) is 9.14. The predicted octanol–water partition coefficient (Wildman–Crippen LogP) is 1.58. The van der Waals surface area contributed by atoms with Gasteiger partial charge >= 0.3 is 0 Å². The number of aryl methyl sites for hydroxylation is 2. The van der Waals surface area contributed by atoms with Gasteiger partial charge < -0.3 is 20.7 Å². The zero-order valence-corrected chi connectivity index (χ0v) is 15.6. The first-order valence-electron chi connectivity index (χ1n) is 9.14. The van der Waals surface area contributed by atoms with Crippen molar-refractivity contribution in [2.75, 3.05) is 37.4 Å². The Kier molecular flexibility index (Phi) is 6.35. The highest BCUT2D eigenvalue weighted by atomic mass is 16.5. The molecule has 1 saturated heterocycles. The molecule has 3 N–H and O–H groups in total. The van der Waals surface area contributed by atoms with E-state index in [9.17, 15) is 0 Å². The molecule has 1 aliphatic heterocycles. The molecule has 2 aromatic rings. The molecule has 7 heteroatoms. The van der Waals surface area contributed by atoms with Gasteiger partial charge in [0.15, 0.2) is 0 Å². The van der Waals surface area contributed by atoms with Crippen molar-refractivity contribution < 1.29 is 4.74 Å². The molecule has 26 heavy (non-hydrogen) atoms. The van der Waals surface area contributed by atoms with Crippen LogP contribution in [-0.2, 0) is 11.2 Å². The topological polar surface area (TPSA) is 89.2 Å². The number of aromatic nitrogens is 3. The van der Waals surface area contributed by atoms with E-state index in [1.807, 2.05) is 18.5 Å². The van der Waals surface area contributed by atoms with E-state index in [1.165, 1.54) is 17.5 Å². The van der Waals surface area contributed by atoms with Crippen LogP contribution in [0.1, 0.15) is 24.0 Å². The quantitative estimate of drug-likeness (QED) is 0.694. The maximum Gasteiger partial charge on any atom is 0.134 e. The summed E-state index contributed by atoms with van der Waals surface area (Å²) < 4.78 is 5.57. The van der Waals surface area contributed by atoms with Gasteiger partial charge in [-0.25, -0.2) is 9.97 Å². The van der Waals surface area contributed by atoms with Crippen LogP contribution in [-0.4, -0.2) is 53.8 Å². The lowest BCUT2D eigenvalue weighted by atomic mass is 10.1. The second-order valence-electron chi connectivity index (χ2n) is 6.81. The fourth-order valence-electron chi connectivity index (χ4n) is 3.47. The average Bonchev–Trinajstić information content (AvgIpc) is 3.06. The minimum Gasteiger partial charge on any atom is -0.384 e. The zero-order chi connectivity index (χ0) is 18.4. The summed E-state index contributed by atoms with van der Waals surface area (Å²) in [5, 5.41) is 3.58. The Balaban J connectivity index is 1.50. The van der Waals surface area contributed by atoms with Crippen LogP contribution in [0.2, 0.25) is 0 Å². The molecule has 0 unspecified atom stereocenters. The van der Waals surface area contributed by atoms with Gasteiger partial charge in [0.05, 0.1) is 6.10 Å². The number of nitrogens with one attached hydrogen (secondary N) is 1. The molecule has 0 spiro atoms. The van der Waals surface area contributed by atoms with Crippen LogP contribution < -0.4 is 16.0 Å². The van der Waals surface area contributed by atoms with Crippen molar-refractivity contribution in [3.63, 3.8) is 0 Å². The highest BCUT2D eigenvalue weighted by molar-refractivity contribution is 5.48. The Morgan fingerprint density at radius 2 is 2.27 bits per heavy atom. The number of hydrogen-bond acceptors (Lipinski definition) is 7. The molecule has 1 fully saturated rings. The third-order valence-electron chi connectivity index (χ3n) is 5.00. The summed E-state index contributed by atoms with van der Waals surface area (Å²) in [4.78, 5) is 14.8. The van der Waals surface area contributed by atoms with E-state index in [-0.39, 0.29) is 6.10 Å². The van der Waals surface area contributed by atoms with Crippen molar-refractivity contribution in [3.05, 3.63) is 42.0 Å². The molecule has 1 aliphatic rings. The molecule has 0 aliphatic carbocycles. The summed E-state index contributed by atoms with van der Waals surface area (Å²) in [7, 11) is 1.77. The molecular weight excluding hydrogens is 328 g/mol. The van der Waals surface area contributed by atoms with E-state index in [2.05, 4.69) is 38.2 Å². The highest BCUT2D eigenvalue weighted by Gasteiger charge is 2.32. The maximum absolute atomic E-state index is 5.82. The van der Waals surface area contributed by atoms with Crippen LogP contribution >= 0.6 is 0 Å². The fraction of sp³-hybridized carbons (Fsp3) is 0.526. The molecule has 0 bridgehead atoms. The minimum atomic E-state index is 0.219. The Hall–Kier alpha value is -2.25. The van der Waals surface area contributed by atoms with Crippen molar-refractivity contribution in [1.29, 1.82) is 0 Å². The van der Waals surface area contributed by atoms with Crippen LogP contribution in [0.5, 0.6) is 0 Å². The largest absolute Gasteiger partial charge is 0.384 e. The number of anilines is 2. The second-order valence-corrected chi connectivity index (χ2v) is 6.81. The van der Waals surface area contributed by atoms with Crippen LogP contribution in [0.4, 0.5) is 11.6 Å². The first kappa shape index (κ1) is 18.5. The van der Waals surface area contributed by atoms with Gasteiger partial charge in [0, 0.05) is 44.7 Å². The molecule has 7 nitrogen and oxygen atoms in total. The van der Waals surface area contributed by atoms with Crippen LogP contribution in [0.25, 0.3) is 0 Å². The van der Waals surface area contributed by atoms with Crippen molar-refractivity contribution in [3.8, 4) is 0 Å². The van der Waals surface area contributed by atoms with Crippen molar-refractivity contribution in [2.45, 2.75) is 38.3 Å². The minimum absolute atomic E-state index is 0.219. The Bertz CT molecular complexity index is 710. The van der Waals surface area contributed by atoms with Crippen LogP contribution in [0, 0.1) is 6.92 Å². The molecular formula is C19H28N6O. The number of nitrogen functional groups attached to an aromatic ring is 1. The highest BCUT2D eigenvalue weighted by Crippen LogP contribution is 2.25. The summed E-state index contributed by atoms with van der Waals surface area (Å²) in [6.07, 6.45) is 8.67. The zero-order valence-electron chi connectivity index (χ0n) is 15.6. The van der Waals surface area contributed by atoms with E-state index >= 15 is 0 Å². The second kappa shape index (κ2) is 8.91. The molecule has 0 radical (unpaired) electrons. The first-order chi connectivity index (χ1) is 12.7. The molecule has 3 rings (SSSR count). The number of rotatable bonds is 8. The van der Waals surface area contributed by atoms with Crippen molar-refractivity contribution in [2.24, 2.45) is 0 Å². The van der Waals surface area contributed by atoms with E-state index in [0.29, 0.717) is 11.9 Å². The lowest BCUT2D eigenvalue weighted by Gasteiger charge is -2.25. The van der Waals surface area contributed by atoms with Gasteiger partial charge in [0.1, 0.15) is 18.0 Å². The number of pyridine rings is 1. The van der Waals surface area contributed by atoms with Crippen LogP contribution in [0.3, 0.4) is 0 Å². The fourth-order valence-corrected chi connectivity index (χ4v) is 3.47. The third-order valence-corrected chi connectivity index (χ3v) is 5.00.